The highest BCUT2D eigenvalue weighted by atomic mass is 35.5. The molecule has 1 aliphatic rings. The molecule has 0 radical (unpaired) electrons. The number of hydrogen-bond acceptors (Lipinski definition) is 5. The Morgan fingerprint density at radius 1 is 0.886 bits per heavy atom. The normalized spacial score (nSPS) is 13.3. The molecule has 0 saturated carbocycles. The molecule has 0 aliphatic carbocycles. The summed E-state index contributed by atoms with van der Waals surface area (Å²) in [5, 5.41) is 16.6. The molecular formula is C34H41Cl2N5O3. The van der Waals surface area contributed by atoms with E-state index in [1.807, 2.05) is 94.5 Å². The maximum Gasteiger partial charge on any atom is 0.254 e. The molecule has 3 N–H and O–H groups in total. The molecule has 44 heavy (non-hydrogen) atoms. The van der Waals surface area contributed by atoms with Crippen LogP contribution < -0.4 is 10.6 Å². The predicted octanol–water partition coefficient (Wildman–Crippen LogP) is 5.45. The standard InChI is InChI=1S/C34H39N5O3.2ClH/c40-31(27-9-3-1-4-10-27)24-35-18-17-26-13-15-29(16-14-26)37-33(41)23-32-36-19-22-39(32)25-28-11-5-6-12-30(28)34(42)38-20-7-2-8-21-38;;/h1,3-6,9-16,19,22,31,35,40H,2,7-8,17-18,20-21,23-25H2,(H,37,41);2*1H/t31-;;/m0../s1. The van der Waals surface area contributed by atoms with Crippen molar-refractivity contribution in [2.75, 3.05) is 31.5 Å². The van der Waals surface area contributed by atoms with Crippen LogP contribution in [0.4, 0.5) is 5.69 Å². The summed E-state index contributed by atoms with van der Waals surface area (Å²) in [6, 6.07) is 25.2. The minimum Gasteiger partial charge on any atom is -0.387 e. The van der Waals surface area contributed by atoms with E-state index in [0.29, 0.717) is 24.5 Å². The molecular weight excluding hydrogens is 597 g/mol. The molecule has 2 amide bonds. The van der Waals surface area contributed by atoms with Crippen LogP contribution in [0.25, 0.3) is 0 Å². The van der Waals surface area contributed by atoms with Gasteiger partial charge in [0.25, 0.3) is 5.91 Å². The minimum atomic E-state index is -0.531. The van der Waals surface area contributed by atoms with Gasteiger partial charge < -0.3 is 25.2 Å². The Bertz CT molecular complexity index is 1460. The van der Waals surface area contributed by atoms with E-state index in [1.165, 1.54) is 6.42 Å². The Hall–Kier alpha value is -3.69. The summed E-state index contributed by atoms with van der Waals surface area (Å²) < 4.78 is 1.94. The maximum absolute atomic E-state index is 13.2. The van der Waals surface area contributed by atoms with E-state index in [0.717, 1.165) is 61.3 Å². The number of piperidine rings is 1. The van der Waals surface area contributed by atoms with Crippen molar-refractivity contribution in [3.05, 3.63) is 119 Å². The highest BCUT2D eigenvalue weighted by molar-refractivity contribution is 5.96. The summed E-state index contributed by atoms with van der Waals surface area (Å²) in [7, 11) is 0. The topological polar surface area (TPSA) is 99.5 Å². The predicted molar refractivity (Wildman–Crippen MR) is 179 cm³/mol. The molecule has 0 spiro atoms. The first-order valence-electron chi connectivity index (χ1n) is 14.8. The van der Waals surface area contributed by atoms with Gasteiger partial charge in [-0.05, 0) is 67.1 Å². The number of carbonyl (C=O) groups is 2. The lowest BCUT2D eigenvalue weighted by molar-refractivity contribution is -0.115. The van der Waals surface area contributed by atoms with Crippen molar-refractivity contribution in [1.82, 2.24) is 19.8 Å². The van der Waals surface area contributed by atoms with Crippen LogP contribution in [0.15, 0.2) is 91.3 Å². The zero-order chi connectivity index (χ0) is 29.1. The smallest absolute Gasteiger partial charge is 0.254 e. The first-order chi connectivity index (χ1) is 20.6. The van der Waals surface area contributed by atoms with E-state index in [-0.39, 0.29) is 43.0 Å². The number of halogens is 2. The van der Waals surface area contributed by atoms with Crippen molar-refractivity contribution in [2.24, 2.45) is 0 Å². The Labute approximate surface area is 271 Å². The molecule has 0 unspecified atom stereocenters. The fourth-order valence-corrected chi connectivity index (χ4v) is 5.34. The molecule has 5 rings (SSSR count). The number of amides is 2. The Balaban J connectivity index is 0.00000264. The second-order valence-electron chi connectivity index (χ2n) is 10.8. The van der Waals surface area contributed by atoms with Crippen LogP contribution in [0, 0.1) is 0 Å². The number of aliphatic hydroxyl groups is 1. The Kier molecular flexibility index (Phi) is 13.9. The number of anilines is 1. The monoisotopic (exact) mass is 637 g/mol. The number of imidazole rings is 1. The quantitative estimate of drug-likeness (QED) is 0.180. The summed E-state index contributed by atoms with van der Waals surface area (Å²) in [6.07, 6.45) is 7.24. The lowest BCUT2D eigenvalue weighted by atomic mass is 10.0. The van der Waals surface area contributed by atoms with E-state index < -0.39 is 6.10 Å². The van der Waals surface area contributed by atoms with Crippen LogP contribution in [0.2, 0.25) is 0 Å². The first-order valence-corrected chi connectivity index (χ1v) is 14.8. The van der Waals surface area contributed by atoms with E-state index >= 15 is 0 Å². The van der Waals surface area contributed by atoms with Crippen LogP contribution in [-0.2, 0) is 24.2 Å². The molecule has 1 atom stereocenters. The minimum absolute atomic E-state index is 0. The van der Waals surface area contributed by atoms with Crippen molar-refractivity contribution in [1.29, 1.82) is 0 Å². The third-order valence-electron chi connectivity index (χ3n) is 7.70. The van der Waals surface area contributed by atoms with Gasteiger partial charge in [-0.1, -0.05) is 60.7 Å². The van der Waals surface area contributed by atoms with Crippen LogP contribution >= 0.6 is 24.8 Å². The Morgan fingerprint density at radius 2 is 1.59 bits per heavy atom. The molecule has 1 saturated heterocycles. The Morgan fingerprint density at radius 3 is 2.34 bits per heavy atom. The van der Waals surface area contributed by atoms with Crippen molar-refractivity contribution in [3.63, 3.8) is 0 Å². The van der Waals surface area contributed by atoms with Gasteiger partial charge in [-0.3, -0.25) is 9.59 Å². The lowest BCUT2D eigenvalue weighted by Crippen LogP contribution is -2.36. The fraction of sp³-hybridized carbons (Fsp3) is 0.324. The first kappa shape index (κ1) is 34.8. The zero-order valence-corrected chi connectivity index (χ0v) is 26.4. The number of likely N-dealkylation sites (tertiary alicyclic amines) is 1. The molecule has 10 heteroatoms. The largest absolute Gasteiger partial charge is 0.387 e. The summed E-state index contributed by atoms with van der Waals surface area (Å²) >= 11 is 0. The summed E-state index contributed by atoms with van der Waals surface area (Å²) in [6.45, 7) is 3.32. The fourth-order valence-electron chi connectivity index (χ4n) is 5.34. The molecule has 1 fully saturated rings. The van der Waals surface area contributed by atoms with Crippen molar-refractivity contribution < 1.29 is 14.7 Å². The van der Waals surface area contributed by atoms with Crippen molar-refractivity contribution >= 4 is 42.3 Å². The molecule has 1 aliphatic heterocycles. The van der Waals surface area contributed by atoms with Crippen LogP contribution in [0.1, 0.15) is 58.2 Å². The summed E-state index contributed by atoms with van der Waals surface area (Å²) in [4.78, 5) is 32.5. The highest BCUT2D eigenvalue weighted by Gasteiger charge is 2.21. The van der Waals surface area contributed by atoms with Gasteiger partial charge in [-0.15, -0.1) is 24.8 Å². The number of benzene rings is 3. The third-order valence-corrected chi connectivity index (χ3v) is 7.70. The molecule has 8 nitrogen and oxygen atoms in total. The van der Waals surface area contributed by atoms with Gasteiger partial charge in [0, 0.05) is 49.8 Å². The lowest BCUT2D eigenvalue weighted by Gasteiger charge is -2.27. The second kappa shape index (κ2) is 17.6. The summed E-state index contributed by atoms with van der Waals surface area (Å²) in [5.74, 6) is 0.575. The van der Waals surface area contributed by atoms with Gasteiger partial charge in [0.2, 0.25) is 5.91 Å². The summed E-state index contributed by atoms with van der Waals surface area (Å²) in [5.41, 5.74) is 4.41. The third kappa shape index (κ3) is 9.66. The van der Waals surface area contributed by atoms with E-state index in [9.17, 15) is 14.7 Å². The number of carbonyl (C=O) groups excluding carboxylic acids is 2. The SMILES string of the molecule is Cl.Cl.O=C(Cc1nccn1Cc1ccccc1C(=O)N1CCCCC1)Nc1ccc(CCNC[C@H](O)c2ccccc2)cc1. The van der Waals surface area contributed by atoms with E-state index in [1.54, 1.807) is 6.20 Å². The molecule has 234 valence electrons. The average molecular weight is 639 g/mol. The second-order valence-corrected chi connectivity index (χ2v) is 10.8. The number of nitrogens with zero attached hydrogens (tertiary/aromatic N) is 3. The molecule has 3 aromatic carbocycles. The van der Waals surface area contributed by atoms with Crippen LogP contribution in [0.5, 0.6) is 0 Å². The maximum atomic E-state index is 13.2. The van der Waals surface area contributed by atoms with Gasteiger partial charge in [0.1, 0.15) is 5.82 Å². The number of aliphatic hydroxyl groups excluding tert-OH is 1. The number of rotatable bonds is 12. The van der Waals surface area contributed by atoms with Gasteiger partial charge >= 0.3 is 0 Å². The van der Waals surface area contributed by atoms with Crippen molar-refractivity contribution in [2.45, 2.75) is 44.8 Å². The molecule has 4 aromatic rings. The number of nitrogens with one attached hydrogen (secondary N) is 2. The van der Waals surface area contributed by atoms with Gasteiger partial charge in [0.15, 0.2) is 0 Å². The van der Waals surface area contributed by atoms with Crippen molar-refractivity contribution in [3.8, 4) is 0 Å². The number of hydrogen-bond donors (Lipinski definition) is 3. The van der Waals surface area contributed by atoms with Gasteiger partial charge in [0.05, 0.1) is 12.5 Å². The van der Waals surface area contributed by atoms with E-state index in [4.69, 9.17) is 0 Å². The van der Waals surface area contributed by atoms with E-state index in [2.05, 4.69) is 15.6 Å². The van der Waals surface area contributed by atoms with Crippen LogP contribution in [-0.4, -0.2) is 57.6 Å². The average Bonchev–Trinajstić information content (AvgIpc) is 3.46. The van der Waals surface area contributed by atoms with Gasteiger partial charge in [-0.2, -0.15) is 0 Å². The molecule has 1 aromatic heterocycles. The molecule has 0 bridgehead atoms. The number of aromatic nitrogens is 2. The van der Waals surface area contributed by atoms with Gasteiger partial charge in [-0.25, -0.2) is 4.98 Å². The van der Waals surface area contributed by atoms with Crippen LogP contribution in [0.3, 0.4) is 0 Å². The molecule has 2 heterocycles. The zero-order valence-electron chi connectivity index (χ0n) is 24.7. The highest BCUT2D eigenvalue weighted by Crippen LogP contribution is 2.18.